The number of piperazine rings is 1. The minimum atomic E-state index is -4.61. The average molecular weight is 554 g/mol. The van der Waals surface area contributed by atoms with E-state index in [1.165, 1.54) is 18.2 Å². The van der Waals surface area contributed by atoms with Crippen LogP contribution in [0.25, 0.3) is 0 Å². The number of carbonyl (C=O) groups excluding carboxylic acids is 1. The molecule has 0 unspecified atom stereocenters. The lowest BCUT2D eigenvalue weighted by Gasteiger charge is -2.36. The summed E-state index contributed by atoms with van der Waals surface area (Å²) in [6.45, 7) is 2.15. The molecule has 1 fully saturated rings. The van der Waals surface area contributed by atoms with Crippen LogP contribution in [0.2, 0.25) is 5.02 Å². The number of halogens is 4. The van der Waals surface area contributed by atoms with Gasteiger partial charge in [0.1, 0.15) is 5.75 Å². The molecule has 1 aliphatic heterocycles. The summed E-state index contributed by atoms with van der Waals surface area (Å²) >= 11 is 6.18. The van der Waals surface area contributed by atoms with E-state index in [1.807, 2.05) is 30.3 Å². The number of amides is 1. The van der Waals surface area contributed by atoms with Crippen molar-refractivity contribution in [1.82, 2.24) is 4.90 Å². The molecule has 4 rings (SSSR count). The molecule has 0 atom stereocenters. The summed E-state index contributed by atoms with van der Waals surface area (Å²) in [5.74, 6) is -0.123. The number of nitrogens with one attached hydrogen (secondary N) is 1. The Hall–Kier alpha value is -3.44. The van der Waals surface area contributed by atoms with Crippen molar-refractivity contribution >= 4 is 38.9 Å². The highest BCUT2D eigenvalue weighted by Gasteiger charge is 2.31. The Balaban J connectivity index is 1.34. The van der Waals surface area contributed by atoms with E-state index in [0.29, 0.717) is 32.2 Å². The lowest BCUT2D eigenvalue weighted by atomic mass is 10.2. The number of nitrogens with zero attached hydrogens (tertiary/aromatic N) is 2. The number of hydrogen-bond acceptors (Lipinski definition) is 5. The zero-order valence-electron chi connectivity index (χ0n) is 19.4. The molecular formula is C25H23ClF3N3O4S. The minimum Gasteiger partial charge on any atom is -0.482 e. The molecule has 1 amide bonds. The summed E-state index contributed by atoms with van der Waals surface area (Å²) in [5, 5.41) is -0.0615. The molecule has 12 heteroatoms. The standard InChI is InChI=1S/C25H23ClF3N3O4S/c26-22-16-21(37(34,35)30-19-6-4-5-18(15-19)25(27,28)29)9-10-23(22)36-17-24(33)32-13-11-31(12-14-32)20-7-2-1-3-8-20/h1-10,15-16,30H,11-14,17H2. The first-order chi connectivity index (χ1) is 17.5. The molecule has 7 nitrogen and oxygen atoms in total. The van der Waals surface area contributed by atoms with Gasteiger partial charge in [-0.2, -0.15) is 13.2 Å². The van der Waals surface area contributed by atoms with Crippen LogP contribution in [-0.2, 0) is 21.0 Å². The number of anilines is 2. The lowest BCUT2D eigenvalue weighted by molar-refractivity contribution is -0.137. The lowest BCUT2D eigenvalue weighted by Crippen LogP contribution is -2.50. The second kappa shape index (κ2) is 10.9. The molecule has 0 bridgehead atoms. The van der Waals surface area contributed by atoms with Crippen molar-refractivity contribution in [2.45, 2.75) is 11.1 Å². The van der Waals surface area contributed by atoms with Crippen LogP contribution in [0.4, 0.5) is 24.5 Å². The summed E-state index contributed by atoms with van der Waals surface area (Å²) in [4.78, 5) is 16.2. The second-order valence-electron chi connectivity index (χ2n) is 8.27. The quantitative estimate of drug-likeness (QED) is 0.451. The molecule has 0 aromatic heterocycles. The fraction of sp³-hybridized carbons (Fsp3) is 0.240. The van der Waals surface area contributed by atoms with E-state index in [4.69, 9.17) is 16.3 Å². The fourth-order valence-corrected chi connectivity index (χ4v) is 5.20. The summed E-state index contributed by atoms with van der Waals surface area (Å²) in [5.41, 5.74) is -0.139. The molecule has 0 spiro atoms. The van der Waals surface area contributed by atoms with Crippen molar-refractivity contribution < 1.29 is 31.1 Å². The van der Waals surface area contributed by atoms with Crippen molar-refractivity contribution in [3.8, 4) is 5.75 Å². The van der Waals surface area contributed by atoms with Crippen LogP contribution in [0.1, 0.15) is 5.56 Å². The predicted molar refractivity (Wildman–Crippen MR) is 134 cm³/mol. The normalized spacial score (nSPS) is 14.4. The van der Waals surface area contributed by atoms with Gasteiger partial charge in [-0.15, -0.1) is 0 Å². The van der Waals surface area contributed by atoms with Gasteiger partial charge in [-0.25, -0.2) is 8.42 Å². The van der Waals surface area contributed by atoms with Crippen LogP contribution < -0.4 is 14.4 Å². The smallest absolute Gasteiger partial charge is 0.416 e. The van der Waals surface area contributed by atoms with E-state index in [2.05, 4.69) is 9.62 Å². The van der Waals surface area contributed by atoms with Crippen LogP contribution >= 0.6 is 11.6 Å². The van der Waals surface area contributed by atoms with E-state index >= 15 is 0 Å². The van der Waals surface area contributed by atoms with Crippen molar-refractivity contribution in [2.75, 3.05) is 42.4 Å². The summed E-state index contributed by atoms with van der Waals surface area (Å²) < 4.78 is 71.7. The number of hydrogen-bond donors (Lipinski definition) is 1. The van der Waals surface area contributed by atoms with Gasteiger partial charge in [0.15, 0.2) is 6.61 Å². The number of ether oxygens (including phenoxy) is 1. The second-order valence-corrected chi connectivity index (χ2v) is 10.4. The van der Waals surface area contributed by atoms with Crippen LogP contribution in [0.5, 0.6) is 5.75 Å². The number of sulfonamides is 1. The molecule has 0 saturated carbocycles. The maximum atomic E-state index is 12.9. The number of benzene rings is 3. The molecule has 37 heavy (non-hydrogen) atoms. The predicted octanol–water partition coefficient (Wildman–Crippen LogP) is 4.89. The first-order valence-corrected chi connectivity index (χ1v) is 13.1. The highest BCUT2D eigenvalue weighted by atomic mass is 35.5. The minimum absolute atomic E-state index is 0.0615. The van der Waals surface area contributed by atoms with Gasteiger partial charge in [-0.05, 0) is 48.5 Å². The summed E-state index contributed by atoms with van der Waals surface area (Å²) in [6.07, 6.45) is -4.61. The maximum absolute atomic E-state index is 12.9. The van der Waals surface area contributed by atoms with Gasteiger partial charge < -0.3 is 14.5 Å². The highest BCUT2D eigenvalue weighted by Crippen LogP contribution is 2.32. The van der Waals surface area contributed by atoms with E-state index < -0.39 is 21.8 Å². The van der Waals surface area contributed by atoms with Crippen LogP contribution in [0.3, 0.4) is 0 Å². The first-order valence-electron chi connectivity index (χ1n) is 11.2. The molecule has 1 aliphatic rings. The van der Waals surface area contributed by atoms with Crippen molar-refractivity contribution in [3.05, 3.63) is 83.4 Å². The Morgan fingerprint density at radius 3 is 2.30 bits per heavy atom. The van der Waals surface area contributed by atoms with Gasteiger partial charge in [-0.3, -0.25) is 9.52 Å². The summed E-state index contributed by atoms with van der Waals surface area (Å²) in [7, 11) is -4.23. The first kappa shape index (κ1) is 26.6. The topological polar surface area (TPSA) is 78.9 Å². The van der Waals surface area contributed by atoms with Gasteiger partial charge in [0.25, 0.3) is 15.9 Å². The Labute approximate surface area is 217 Å². The Morgan fingerprint density at radius 2 is 1.65 bits per heavy atom. The van der Waals surface area contributed by atoms with Gasteiger partial charge in [0.05, 0.1) is 15.5 Å². The molecule has 3 aromatic rings. The van der Waals surface area contributed by atoms with Gasteiger partial charge in [0, 0.05) is 37.6 Å². The zero-order valence-corrected chi connectivity index (χ0v) is 21.0. The fourth-order valence-electron chi connectivity index (χ4n) is 3.82. The Kier molecular flexibility index (Phi) is 7.84. The largest absolute Gasteiger partial charge is 0.482 e. The van der Waals surface area contributed by atoms with E-state index in [9.17, 15) is 26.4 Å². The van der Waals surface area contributed by atoms with Crippen molar-refractivity contribution in [3.63, 3.8) is 0 Å². The maximum Gasteiger partial charge on any atom is 0.416 e. The molecular weight excluding hydrogens is 531 g/mol. The van der Waals surface area contributed by atoms with E-state index in [0.717, 1.165) is 23.9 Å². The molecule has 0 aliphatic carbocycles. The number of rotatable bonds is 7. The van der Waals surface area contributed by atoms with Gasteiger partial charge in [-0.1, -0.05) is 35.9 Å². The third-order valence-electron chi connectivity index (χ3n) is 5.76. The Bertz CT molecular complexity index is 1360. The highest BCUT2D eigenvalue weighted by molar-refractivity contribution is 7.92. The van der Waals surface area contributed by atoms with Gasteiger partial charge in [0.2, 0.25) is 0 Å². The molecule has 1 N–H and O–H groups in total. The molecule has 3 aromatic carbocycles. The van der Waals surface area contributed by atoms with E-state index in [-0.39, 0.29) is 33.9 Å². The molecule has 196 valence electrons. The number of carbonyl (C=O) groups is 1. The molecule has 1 saturated heterocycles. The monoisotopic (exact) mass is 553 g/mol. The summed E-state index contributed by atoms with van der Waals surface area (Å²) in [6, 6.07) is 17.3. The molecule has 0 radical (unpaired) electrons. The van der Waals surface area contributed by atoms with Crippen LogP contribution in [-0.4, -0.2) is 52.0 Å². The third kappa shape index (κ3) is 6.66. The zero-order chi connectivity index (χ0) is 26.6. The van der Waals surface area contributed by atoms with Crippen molar-refractivity contribution in [2.24, 2.45) is 0 Å². The van der Waals surface area contributed by atoms with E-state index in [1.54, 1.807) is 4.90 Å². The SMILES string of the molecule is O=C(COc1ccc(S(=O)(=O)Nc2cccc(C(F)(F)F)c2)cc1Cl)N1CCN(c2ccccc2)CC1. The van der Waals surface area contributed by atoms with Crippen LogP contribution in [0.15, 0.2) is 77.7 Å². The average Bonchev–Trinajstić information content (AvgIpc) is 2.88. The van der Waals surface area contributed by atoms with Crippen molar-refractivity contribution in [1.29, 1.82) is 0 Å². The Morgan fingerprint density at radius 1 is 0.946 bits per heavy atom. The van der Waals surface area contributed by atoms with Gasteiger partial charge >= 0.3 is 6.18 Å². The number of para-hydroxylation sites is 1. The number of alkyl halides is 3. The van der Waals surface area contributed by atoms with Crippen LogP contribution in [0, 0.1) is 0 Å². The molecule has 1 heterocycles. The third-order valence-corrected chi connectivity index (χ3v) is 7.43.